The lowest BCUT2D eigenvalue weighted by Gasteiger charge is -2.13. The number of nitrogen functional groups attached to an aromatic ring is 1. The second-order valence-corrected chi connectivity index (χ2v) is 5.06. The average Bonchev–Trinajstić information content (AvgIpc) is 2.43. The highest BCUT2D eigenvalue weighted by Crippen LogP contribution is 2.24. The van der Waals surface area contributed by atoms with Gasteiger partial charge in [-0.3, -0.25) is 4.79 Å². The summed E-state index contributed by atoms with van der Waals surface area (Å²) in [6.07, 6.45) is 0.849. The van der Waals surface area contributed by atoms with E-state index in [1.54, 1.807) is 18.2 Å². The van der Waals surface area contributed by atoms with Crippen LogP contribution in [-0.4, -0.2) is 5.91 Å². The summed E-state index contributed by atoms with van der Waals surface area (Å²) in [6, 6.07) is 10.8. The van der Waals surface area contributed by atoms with E-state index in [1.165, 1.54) is 0 Å². The number of para-hydroxylation sites is 1. The van der Waals surface area contributed by atoms with Crippen molar-refractivity contribution in [2.45, 2.75) is 20.3 Å². The molecular weight excluding hydrogens is 272 g/mol. The van der Waals surface area contributed by atoms with Gasteiger partial charge in [-0.15, -0.1) is 0 Å². The fourth-order valence-corrected chi connectivity index (χ4v) is 2.30. The van der Waals surface area contributed by atoms with Crippen LogP contribution >= 0.6 is 11.6 Å². The molecule has 2 aromatic carbocycles. The zero-order valence-corrected chi connectivity index (χ0v) is 12.3. The first-order chi connectivity index (χ1) is 9.52. The topological polar surface area (TPSA) is 55.1 Å². The summed E-state index contributed by atoms with van der Waals surface area (Å²) in [4.78, 5) is 12.4. The van der Waals surface area contributed by atoms with Crippen LogP contribution in [0, 0.1) is 6.92 Å². The minimum atomic E-state index is -0.244. The molecule has 0 atom stereocenters. The minimum Gasteiger partial charge on any atom is -0.399 e. The molecular formula is C16H17ClN2O. The average molecular weight is 289 g/mol. The Labute approximate surface area is 123 Å². The molecule has 3 nitrogen and oxygen atoms in total. The third-order valence-electron chi connectivity index (χ3n) is 3.21. The highest BCUT2D eigenvalue weighted by molar-refractivity contribution is 6.34. The molecule has 0 fully saturated rings. The molecule has 2 rings (SSSR count). The first-order valence-electron chi connectivity index (χ1n) is 6.47. The Kier molecular flexibility index (Phi) is 4.30. The van der Waals surface area contributed by atoms with Crippen LogP contribution < -0.4 is 11.1 Å². The molecule has 20 heavy (non-hydrogen) atoms. The van der Waals surface area contributed by atoms with Crippen molar-refractivity contribution in [1.29, 1.82) is 0 Å². The predicted molar refractivity (Wildman–Crippen MR) is 84.4 cm³/mol. The fraction of sp³-hybridized carbons (Fsp3) is 0.188. The van der Waals surface area contributed by atoms with Crippen LogP contribution in [0.4, 0.5) is 11.4 Å². The van der Waals surface area contributed by atoms with E-state index >= 15 is 0 Å². The Balaban J connectivity index is 2.35. The van der Waals surface area contributed by atoms with Crippen LogP contribution in [0.25, 0.3) is 0 Å². The van der Waals surface area contributed by atoms with Crippen LogP contribution in [0.3, 0.4) is 0 Å². The quantitative estimate of drug-likeness (QED) is 0.837. The van der Waals surface area contributed by atoms with Crippen LogP contribution in [0.15, 0.2) is 36.4 Å². The van der Waals surface area contributed by atoms with Gasteiger partial charge < -0.3 is 11.1 Å². The molecule has 0 saturated heterocycles. The Hall–Kier alpha value is -2.00. The molecule has 0 radical (unpaired) electrons. The smallest absolute Gasteiger partial charge is 0.257 e. The fourth-order valence-electron chi connectivity index (χ4n) is 2.10. The summed E-state index contributed by atoms with van der Waals surface area (Å²) in [7, 11) is 0. The number of nitrogens with two attached hydrogens (primary N) is 1. The number of aryl methyl sites for hydroxylation is 2. The van der Waals surface area contributed by atoms with E-state index in [4.69, 9.17) is 17.3 Å². The van der Waals surface area contributed by atoms with Gasteiger partial charge in [0.15, 0.2) is 0 Å². The van der Waals surface area contributed by atoms with Crippen molar-refractivity contribution in [2.75, 3.05) is 11.1 Å². The highest BCUT2D eigenvalue weighted by atomic mass is 35.5. The predicted octanol–water partition coefficient (Wildman–Crippen LogP) is 4.05. The first kappa shape index (κ1) is 14.4. The van der Waals surface area contributed by atoms with Crippen molar-refractivity contribution < 1.29 is 4.79 Å². The van der Waals surface area contributed by atoms with Crippen LogP contribution in [0.1, 0.15) is 28.4 Å². The molecule has 0 bridgehead atoms. The van der Waals surface area contributed by atoms with E-state index in [2.05, 4.69) is 12.2 Å². The van der Waals surface area contributed by atoms with E-state index in [-0.39, 0.29) is 5.91 Å². The maximum Gasteiger partial charge on any atom is 0.257 e. The lowest BCUT2D eigenvalue weighted by Crippen LogP contribution is -2.15. The maximum atomic E-state index is 12.4. The maximum absolute atomic E-state index is 12.4. The Morgan fingerprint density at radius 3 is 2.75 bits per heavy atom. The second kappa shape index (κ2) is 5.97. The lowest BCUT2D eigenvalue weighted by atomic mass is 10.1. The van der Waals surface area contributed by atoms with Gasteiger partial charge in [0.25, 0.3) is 5.91 Å². The van der Waals surface area contributed by atoms with Crippen molar-refractivity contribution in [3.8, 4) is 0 Å². The van der Waals surface area contributed by atoms with E-state index in [0.29, 0.717) is 16.3 Å². The summed E-state index contributed by atoms with van der Waals surface area (Å²) < 4.78 is 0. The molecule has 0 saturated carbocycles. The lowest BCUT2D eigenvalue weighted by molar-refractivity contribution is 0.102. The normalized spacial score (nSPS) is 10.3. The summed E-state index contributed by atoms with van der Waals surface area (Å²) >= 11 is 6.05. The zero-order valence-electron chi connectivity index (χ0n) is 11.5. The molecule has 3 N–H and O–H groups in total. The van der Waals surface area contributed by atoms with Crippen LogP contribution in [0.2, 0.25) is 5.02 Å². The molecule has 4 heteroatoms. The molecule has 0 aliphatic rings. The number of hydrogen-bond donors (Lipinski definition) is 2. The standard InChI is InChI=1S/C16H17ClN2O/c1-3-11-6-4-5-10(2)15(11)19-16(20)13-9-12(18)7-8-14(13)17/h4-9H,3,18H2,1-2H3,(H,19,20). The zero-order chi connectivity index (χ0) is 14.7. The van der Waals surface area contributed by atoms with Gasteiger partial charge in [0.05, 0.1) is 10.6 Å². The monoisotopic (exact) mass is 288 g/mol. The summed E-state index contributed by atoms with van der Waals surface area (Å²) in [5.74, 6) is -0.244. The van der Waals surface area contributed by atoms with Gasteiger partial charge in [0.1, 0.15) is 0 Å². The van der Waals surface area contributed by atoms with E-state index in [9.17, 15) is 4.79 Å². The van der Waals surface area contributed by atoms with Crippen molar-refractivity contribution in [1.82, 2.24) is 0 Å². The summed E-state index contributed by atoms with van der Waals surface area (Å²) in [6.45, 7) is 4.02. The van der Waals surface area contributed by atoms with Crippen molar-refractivity contribution in [3.05, 3.63) is 58.1 Å². The number of hydrogen-bond acceptors (Lipinski definition) is 2. The van der Waals surface area contributed by atoms with E-state index < -0.39 is 0 Å². The molecule has 104 valence electrons. The largest absolute Gasteiger partial charge is 0.399 e. The molecule has 0 spiro atoms. The number of carbonyl (C=O) groups excluding carboxylic acids is 1. The van der Waals surface area contributed by atoms with Gasteiger partial charge in [0.2, 0.25) is 0 Å². The van der Waals surface area contributed by atoms with Crippen molar-refractivity contribution >= 4 is 28.9 Å². The molecule has 1 amide bonds. The third-order valence-corrected chi connectivity index (χ3v) is 3.54. The Bertz CT molecular complexity index is 653. The van der Waals surface area contributed by atoms with Crippen molar-refractivity contribution in [2.24, 2.45) is 0 Å². The van der Waals surface area contributed by atoms with Gasteiger partial charge in [-0.25, -0.2) is 0 Å². The van der Waals surface area contributed by atoms with Gasteiger partial charge in [-0.1, -0.05) is 36.7 Å². The van der Waals surface area contributed by atoms with Gasteiger partial charge >= 0.3 is 0 Å². The SMILES string of the molecule is CCc1cccc(C)c1NC(=O)c1cc(N)ccc1Cl. The third kappa shape index (κ3) is 2.94. The van der Waals surface area contributed by atoms with Crippen molar-refractivity contribution in [3.63, 3.8) is 0 Å². The highest BCUT2D eigenvalue weighted by Gasteiger charge is 2.13. The number of halogens is 1. The Morgan fingerprint density at radius 1 is 1.30 bits per heavy atom. The molecule has 0 heterocycles. The van der Waals surface area contributed by atoms with Gasteiger partial charge in [0, 0.05) is 11.4 Å². The number of anilines is 2. The van der Waals surface area contributed by atoms with Crippen LogP contribution in [-0.2, 0) is 6.42 Å². The number of amides is 1. The molecule has 0 aliphatic carbocycles. The summed E-state index contributed by atoms with van der Waals surface area (Å²) in [5, 5.41) is 3.33. The van der Waals surface area contributed by atoms with E-state index in [0.717, 1.165) is 23.2 Å². The van der Waals surface area contributed by atoms with Gasteiger partial charge in [-0.05, 0) is 42.7 Å². The molecule has 0 aromatic heterocycles. The minimum absolute atomic E-state index is 0.244. The molecule has 0 unspecified atom stereocenters. The number of rotatable bonds is 3. The van der Waals surface area contributed by atoms with E-state index in [1.807, 2.05) is 25.1 Å². The number of nitrogens with one attached hydrogen (secondary N) is 1. The molecule has 0 aliphatic heterocycles. The van der Waals surface area contributed by atoms with Crippen LogP contribution in [0.5, 0.6) is 0 Å². The first-order valence-corrected chi connectivity index (χ1v) is 6.85. The van der Waals surface area contributed by atoms with Gasteiger partial charge in [-0.2, -0.15) is 0 Å². The number of benzene rings is 2. The Morgan fingerprint density at radius 2 is 2.05 bits per heavy atom. The molecule has 2 aromatic rings. The number of carbonyl (C=O) groups is 1. The summed E-state index contributed by atoms with van der Waals surface area (Å²) in [5.41, 5.74) is 9.57. The second-order valence-electron chi connectivity index (χ2n) is 4.66.